The predicted molar refractivity (Wildman–Crippen MR) is 120 cm³/mol. The lowest BCUT2D eigenvalue weighted by molar-refractivity contribution is -0.125. The Kier molecular flexibility index (Phi) is 7.63. The second kappa shape index (κ2) is 10.4. The number of esters is 2. The van der Waals surface area contributed by atoms with Crippen LogP contribution in [0.2, 0.25) is 0 Å². The Bertz CT molecular complexity index is 1040. The molecule has 1 aliphatic rings. The number of aromatic nitrogens is 1. The molecule has 1 aromatic carbocycles. The third kappa shape index (κ3) is 5.47. The maximum absolute atomic E-state index is 12.6. The first kappa shape index (κ1) is 24.2. The van der Waals surface area contributed by atoms with E-state index in [9.17, 15) is 14.4 Å². The first-order valence-electron chi connectivity index (χ1n) is 10.9. The molecule has 0 saturated heterocycles. The summed E-state index contributed by atoms with van der Waals surface area (Å²) in [5.74, 6) is -0.288. The molecule has 0 radical (unpaired) electrons. The van der Waals surface area contributed by atoms with Gasteiger partial charge in [0.25, 0.3) is 5.91 Å². The number of nitrogens with one attached hydrogen (secondary N) is 2. The number of aromatic amines is 1. The molecule has 2 aromatic rings. The van der Waals surface area contributed by atoms with E-state index < -0.39 is 24.5 Å². The molecule has 1 aromatic heterocycles. The summed E-state index contributed by atoms with van der Waals surface area (Å²) in [5, 5.41) is 2.92. The van der Waals surface area contributed by atoms with Gasteiger partial charge >= 0.3 is 11.9 Å². The van der Waals surface area contributed by atoms with Gasteiger partial charge in [-0.15, -0.1) is 0 Å². The number of carbonyl (C=O) groups excluding carboxylic acids is 3. The average molecular weight is 459 g/mol. The zero-order chi connectivity index (χ0) is 24.1. The van der Waals surface area contributed by atoms with Gasteiger partial charge < -0.3 is 29.2 Å². The van der Waals surface area contributed by atoms with E-state index in [0.717, 1.165) is 5.56 Å². The molecular weight excluding hydrogens is 428 g/mol. The van der Waals surface area contributed by atoms with Gasteiger partial charge in [-0.3, -0.25) is 4.79 Å². The Balaban J connectivity index is 1.65. The molecule has 1 aliphatic heterocycles. The van der Waals surface area contributed by atoms with Crippen molar-refractivity contribution in [1.29, 1.82) is 0 Å². The van der Waals surface area contributed by atoms with Crippen LogP contribution in [0.25, 0.3) is 0 Å². The van der Waals surface area contributed by atoms with E-state index in [4.69, 9.17) is 18.9 Å². The number of hydrogen-bond acceptors (Lipinski definition) is 7. The fourth-order valence-corrected chi connectivity index (χ4v) is 3.77. The lowest BCUT2D eigenvalue weighted by Crippen LogP contribution is -2.35. The molecule has 9 nitrogen and oxygen atoms in total. The largest absolute Gasteiger partial charge is 0.486 e. The van der Waals surface area contributed by atoms with Gasteiger partial charge in [0.05, 0.1) is 18.2 Å². The van der Waals surface area contributed by atoms with E-state index >= 15 is 0 Å². The zero-order valence-corrected chi connectivity index (χ0v) is 19.6. The van der Waals surface area contributed by atoms with Crippen molar-refractivity contribution >= 4 is 17.8 Å². The van der Waals surface area contributed by atoms with Gasteiger partial charge in [0.1, 0.15) is 18.9 Å². The summed E-state index contributed by atoms with van der Waals surface area (Å²) in [5.41, 5.74) is 2.21. The minimum absolute atomic E-state index is 0.0765. The Labute approximate surface area is 192 Å². The Morgan fingerprint density at radius 2 is 1.76 bits per heavy atom. The average Bonchev–Trinajstić information content (AvgIpc) is 3.09. The van der Waals surface area contributed by atoms with Gasteiger partial charge in [-0.25, -0.2) is 9.59 Å². The highest BCUT2D eigenvalue weighted by atomic mass is 16.6. The fourth-order valence-electron chi connectivity index (χ4n) is 3.77. The monoisotopic (exact) mass is 458 g/mol. The number of benzene rings is 1. The van der Waals surface area contributed by atoms with Crippen LogP contribution in [0.15, 0.2) is 18.2 Å². The summed E-state index contributed by atoms with van der Waals surface area (Å²) in [6, 6.07) is 5.25. The van der Waals surface area contributed by atoms with Crippen LogP contribution in [-0.4, -0.2) is 49.3 Å². The first-order valence-corrected chi connectivity index (χ1v) is 10.9. The van der Waals surface area contributed by atoms with E-state index in [1.807, 2.05) is 32.0 Å². The normalized spacial score (nSPS) is 13.4. The van der Waals surface area contributed by atoms with Crippen molar-refractivity contribution in [3.63, 3.8) is 0 Å². The third-order valence-corrected chi connectivity index (χ3v) is 5.36. The van der Waals surface area contributed by atoms with E-state index in [-0.39, 0.29) is 24.3 Å². The van der Waals surface area contributed by atoms with Gasteiger partial charge in [0, 0.05) is 5.69 Å². The summed E-state index contributed by atoms with van der Waals surface area (Å²) in [6.45, 7) is 9.71. The highest BCUT2D eigenvalue weighted by Gasteiger charge is 2.25. The summed E-state index contributed by atoms with van der Waals surface area (Å²) in [4.78, 5) is 40.1. The zero-order valence-electron chi connectivity index (χ0n) is 19.6. The van der Waals surface area contributed by atoms with Crippen molar-refractivity contribution in [3.05, 3.63) is 46.3 Å². The van der Waals surface area contributed by atoms with Gasteiger partial charge in [0.15, 0.2) is 18.1 Å². The van der Waals surface area contributed by atoms with Gasteiger partial charge in [0.2, 0.25) is 0 Å². The Morgan fingerprint density at radius 3 is 2.42 bits per heavy atom. The molecule has 2 heterocycles. The lowest BCUT2D eigenvalue weighted by Gasteiger charge is -2.25. The maximum Gasteiger partial charge on any atom is 0.355 e. The topological polar surface area (TPSA) is 116 Å². The Hall–Kier alpha value is -3.49. The van der Waals surface area contributed by atoms with Crippen molar-refractivity contribution < 1.29 is 33.3 Å². The number of amides is 1. The smallest absolute Gasteiger partial charge is 0.355 e. The standard InChI is InChI=1S/C24H30N2O7/c1-6-30-23(28)20-14(4)22(25-15(20)5)24(29)33-12-19(27)26-21(13(2)3)16-7-8-17-18(11-16)32-10-9-31-17/h7-8,11,13,21,25H,6,9-10,12H2,1-5H3,(H,26,27)/t21-/m0/s1. The van der Waals surface area contributed by atoms with Gasteiger partial charge in [-0.05, 0) is 49.9 Å². The van der Waals surface area contributed by atoms with Crippen LogP contribution >= 0.6 is 0 Å². The second-order valence-electron chi connectivity index (χ2n) is 8.11. The number of ether oxygens (including phenoxy) is 4. The van der Waals surface area contributed by atoms with Crippen LogP contribution in [0.4, 0.5) is 0 Å². The summed E-state index contributed by atoms with van der Waals surface area (Å²) >= 11 is 0. The van der Waals surface area contributed by atoms with Crippen LogP contribution < -0.4 is 14.8 Å². The molecule has 9 heteroatoms. The fraction of sp³-hybridized carbons (Fsp3) is 0.458. The van der Waals surface area contributed by atoms with Gasteiger partial charge in [-0.1, -0.05) is 19.9 Å². The highest BCUT2D eigenvalue weighted by Crippen LogP contribution is 2.34. The van der Waals surface area contributed by atoms with Crippen molar-refractivity contribution in [2.75, 3.05) is 26.4 Å². The molecule has 0 fully saturated rings. The molecule has 1 amide bonds. The number of fused-ring (bicyclic) bond motifs is 1. The third-order valence-electron chi connectivity index (χ3n) is 5.36. The number of rotatable bonds is 8. The molecule has 0 aliphatic carbocycles. The van der Waals surface area contributed by atoms with E-state index in [1.165, 1.54) is 0 Å². The van der Waals surface area contributed by atoms with Crippen molar-refractivity contribution in [2.24, 2.45) is 5.92 Å². The molecule has 2 N–H and O–H groups in total. The van der Waals surface area contributed by atoms with E-state index in [1.54, 1.807) is 20.8 Å². The predicted octanol–water partition coefficient (Wildman–Crippen LogP) is 3.25. The van der Waals surface area contributed by atoms with Gasteiger partial charge in [-0.2, -0.15) is 0 Å². The molecule has 1 atom stereocenters. The minimum Gasteiger partial charge on any atom is -0.486 e. The molecule has 33 heavy (non-hydrogen) atoms. The van der Waals surface area contributed by atoms with Crippen molar-refractivity contribution in [3.8, 4) is 11.5 Å². The van der Waals surface area contributed by atoms with E-state index in [0.29, 0.717) is 41.5 Å². The SMILES string of the molecule is CCOC(=O)c1c(C)[nH]c(C(=O)OCC(=O)N[C@H](c2ccc3c(c2)OCCO3)C(C)C)c1C. The first-order chi connectivity index (χ1) is 15.7. The molecule has 178 valence electrons. The van der Waals surface area contributed by atoms with E-state index in [2.05, 4.69) is 10.3 Å². The van der Waals surface area contributed by atoms with Crippen LogP contribution in [0.3, 0.4) is 0 Å². The molecule has 0 spiro atoms. The van der Waals surface area contributed by atoms with Crippen molar-refractivity contribution in [2.45, 2.75) is 40.7 Å². The van der Waals surface area contributed by atoms with Crippen molar-refractivity contribution in [1.82, 2.24) is 10.3 Å². The molecule has 0 bridgehead atoms. The Morgan fingerprint density at radius 1 is 1.06 bits per heavy atom. The molecule has 0 saturated carbocycles. The quantitative estimate of drug-likeness (QED) is 0.583. The maximum atomic E-state index is 12.6. The summed E-state index contributed by atoms with van der Waals surface area (Å²) in [7, 11) is 0. The molecule has 0 unspecified atom stereocenters. The number of hydrogen-bond donors (Lipinski definition) is 2. The van der Waals surface area contributed by atoms with Crippen LogP contribution in [0, 0.1) is 19.8 Å². The number of H-pyrrole nitrogens is 1. The number of aryl methyl sites for hydroxylation is 1. The summed E-state index contributed by atoms with van der Waals surface area (Å²) in [6.07, 6.45) is 0. The summed E-state index contributed by atoms with van der Waals surface area (Å²) < 4.78 is 21.4. The lowest BCUT2D eigenvalue weighted by atomic mass is 9.95. The minimum atomic E-state index is -0.721. The molecule has 3 rings (SSSR count). The second-order valence-corrected chi connectivity index (χ2v) is 8.11. The highest BCUT2D eigenvalue weighted by molar-refractivity contribution is 5.99. The van der Waals surface area contributed by atoms with Crippen LogP contribution in [0.5, 0.6) is 11.5 Å². The van der Waals surface area contributed by atoms with Crippen LogP contribution in [0.1, 0.15) is 64.5 Å². The molecular formula is C24H30N2O7. The number of carbonyl (C=O) groups is 3. The van der Waals surface area contributed by atoms with Crippen LogP contribution in [-0.2, 0) is 14.3 Å².